The Balaban J connectivity index is 2.04. The van der Waals surface area contributed by atoms with Crippen LogP contribution in [0.5, 0.6) is 0 Å². The van der Waals surface area contributed by atoms with Gasteiger partial charge in [-0.25, -0.2) is 0 Å². The van der Waals surface area contributed by atoms with Gasteiger partial charge < -0.3 is 10.2 Å². The van der Waals surface area contributed by atoms with Crippen LogP contribution in [0.4, 0.5) is 5.69 Å². The van der Waals surface area contributed by atoms with Crippen molar-refractivity contribution in [1.29, 1.82) is 0 Å². The molecule has 2 rings (SSSR count). The molecule has 2 unspecified atom stereocenters. The number of rotatable bonds is 4. The van der Waals surface area contributed by atoms with Crippen molar-refractivity contribution < 1.29 is 0 Å². The quantitative estimate of drug-likeness (QED) is 0.884. The summed E-state index contributed by atoms with van der Waals surface area (Å²) >= 11 is 2.07. The van der Waals surface area contributed by atoms with E-state index in [1.165, 1.54) is 23.4 Å². The summed E-state index contributed by atoms with van der Waals surface area (Å²) in [6, 6.07) is 9.29. The highest BCUT2D eigenvalue weighted by Crippen LogP contribution is 2.29. The number of thioether (sulfide) groups is 1. The fourth-order valence-corrected chi connectivity index (χ4v) is 3.43. The number of nitrogens with one attached hydrogen (secondary N) is 1. The maximum absolute atomic E-state index is 3.70. The highest BCUT2D eigenvalue weighted by Gasteiger charge is 2.22. The average Bonchev–Trinajstić information content (AvgIpc) is 2.66. The summed E-state index contributed by atoms with van der Waals surface area (Å²) in [5.74, 6) is 1.23. The van der Waals surface area contributed by atoms with Gasteiger partial charge in [0.1, 0.15) is 0 Å². The first-order valence-electron chi connectivity index (χ1n) is 6.26. The number of hydrogen-bond acceptors (Lipinski definition) is 3. The third-order valence-corrected chi connectivity index (χ3v) is 4.42. The minimum Gasteiger partial charge on any atom is -0.381 e. The zero-order chi connectivity index (χ0) is 12.3. The number of hydrogen-bond donors (Lipinski definition) is 1. The smallest absolute Gasteiger partial charge is 0.0388 e. The highest BCUT2D eigenvalue weighted by atomic mass is 32.2. The predicted molar refractivity (Wildman–Crippen MR) is 77.8 cm³/mol. The summed E-state index contributed by atoms with van der Waals surface area (Å²) in [7, 11) is 4.23. The summed E-state index contributed by atoms with van der Waals surface area (Å²) in [4.78, 5) is 2.21. The Morgan fingerprint density at radius 2 is 2.12 bits per heavy atom. The van der Waals surface area contributed by atoms with E-state index in [0.717, 1.165) is 11.8 Å². The lowest BCUT2D eigenvalue weighted by Gasteiger charge is -2.19. The molecule has 1 saturated heterocycles. The van der Waals surface area contributed by atoms with Crippen LogP contribution >= 0.6 is 11.8 Å². The molecule has 0 amide bonds. The molecule has 0 radical (unpaired) electrons. The molecule has 1 aliphatic rings. The van der Waals surface area contributed by atoms with E-state index in [4.69, 9.17) is 0 Å². The van der Waals surface area contributed by atoms with Crippen LogP contribution in [0.25, 0.3) is 0 Å². The van der Waals surface area contributed by atoms with Crippen molar-refractivity contribution in [3.05, 3.63) is 29.8 Å². The second-order valence-corrected chi connectivity index (χ2v) is 6.59. The Bertz CT molecular complexity index is 365. The van der Waals surface area contributed by atoms with Crippen LogP contribution in [-0.4, -0.2) is 36.0 Å². The van der Waals surface area contributed by atoms with Gasteiger partial charge in [0.15, 0.2) is 0 Å². The van der Waals surface area contributed by atoms with Gasteiger partial charge in [-0.15, -0.1) is 0 Å². The van der Waals surface area contributed by atoms with E-state index in [0.29, 0.717) is 6.04 Å². The van der Waals surface area contributed by atoms with Crippen molar-refractivity contribution in [2.75, 3.05) is 25.2 Å². The fourth-order valence-electron chi connectivity index (χ4n) is 2.28. The molecule has 0 saturated carbocycles. The minimum atomic E-state index is 0.637. The van der Waals surface area contributed by atoms with Gasteiger partial charge in [0, 0.05) is 29.3 Å². The molecular formula is C14H22N2S. The Morgan fingerprint density at radius 1 is 1.35 bits per heavy atom. The van der Waals surface area contributed by atoms with E-state index in [1.54, 1.807) is 0 Å². The second-order valence-electron chi connectivity index (χ2n) is 5.12. The first kappa shape index (κ1) is 12.8. The lowest BCUT2D eigenvalue weighted by molar-refractivity contribution is 0.403. The van der Waals surface area contributed by atoms with Crippen molar-refractivity contribution in [3.63, 3.8) is 0 Å². The molecule has 0 bridgehead atoms. The van der Waals surface area contributed by atoms with Crippen LogP contribution in [-0.2, 0) is 6.54 Å². The molecule has 17 heavy (non-hydrogen) atoms. The topological polar surface area (TPSA) is 15.3 Å². The molecule has 0 aliphatic carbocycles. The minimum absolute atomic E-state index is 0.637. The van der Waals surface area contributed by atoms with E-state index in [9.17, 15) is 0 Å². The maximum Gasteiger partial charge on any atom is 0.0388 e. The van der Waals surface area contributed by atoms with Gasteiger partial charge in [-0.05, 0) is 32.1 Å². The highest BCUT2D eigenvalue weighted by molar-refractivity contribution is 8.00. The summed E-state index contributed by atoms with van der Waals surface area (Å²) in [5.41, 5.74) is 2.70. The molecule has 1 heterocycles. The lowest BCUT2D eigenvalue weighted by atomic mass is 10.1. The molecule has 3 heteroatoms. The van der Waals surface area contributed by atoms with Crippen molar-refractivity contribution >= 4 is 17.4 Å². The van der Waals surface area contributed by atoms with E-state index in [2.05, 4.69) is 67.3 Å². The van der Waals surface area contributed by atoms with E-state index in [1.807, 2.05) is 0 Å². The third-order valence-electron chi connectivity index (χ3n) is 3.06. The van der Waals surface area contributed by atoms with E-state index in [-0.39, 0.29) is 0 Å². The molecule has 1 aromatic carbocycles. The normalized spacial score (nSPS) is 24.2. The third kappa shape index (κ3) is 3.65. The van der Waals surface area contributed by atoms with Crippen molar-refractivity contribution in [2.24, 2.45) is 0 Å². The van der Waals surface area contributed by atoms with Crippen LogP contribution < -0.4 is 5.32 Å². The number of benzene rings is 1. The van der Waals surface area contributed by atoms with Crippen LogP contribution in [0.15, 0.2) is 24.3 Å². The molecular weight excluding hydrogens is 228 g/mol. The fraction of sp³-hybridized carbons (Fsp3) is 0.571. The molecule has 1 fully saturated rings. The molecule has 2 nitrogen and oxygen atoms in total. The van der Waals surface area contributed by atoms with Crippen LogP contribution in [0.1, 0.15) is 18.9 Å². The standard InChI is InChI=1S/C14H22N2S/c1-11-8-13(10-17-11)15-14-7-5-4-6-12(14)9-16(2)3/h4-7,11,13,15H,8-10H2,1-3H3. The van der Waals surface area contributed by atoms with Gasteiger partial charge in [0.05, 0.1) is 0 Å². The van der Waals surface area contributed by atoms with Gasteiger partial charge in [-0.2, -0.15) is 11.8 Å². The molecule has 0 spiro atoms. The van der Waals surface area contributed by atoms with Gasteiger partial charge in [0.25, 0.3) is 0 Å². The first-order valence-corrected chi connectivity index (χ1v) is 7.31. The number of anilines is 1. The molecule has 2 atom stereocenters. The van der Waals surface area contributed by atoms with E-state index >= 15 is 0 Å². The van der Waals surface area contributed by atoms with Gasteiger partial charge in [-0.3, -0.25) is 0 Å². The number of para-hydroxylation sites is 1. The summed E-state index contributed by atoms with van der Waals surface area (Å²) < 4.78 is 0. The summed E-state index contributed by atoms with van der Waals surface area (Å²) in [5, 5.41) is 4.50. The largest absolute Gasteiger partial charge is 0.381 e. The van der Waals surface area contributed by atoms with E-state index < -0.39 is 0 Å². The van der Waals surface area contributed by atoms with Crippen molar-refractivity contribution in [2.45, 2.75) is 31.2 Å². The maximum atomic E-state index is 3.70. The van der Waals surface area contributed by atoms with Crippen molar-refractivity contribution in [3.8, 4) is 0 Å². The van der Waals surface area contributed by atoms with Gasteiger partial charge in [-0.1, -0.05) is 25.1 Å². The number of nitrogens with zero attached hydrogens (tertiary/aromatic N) is 1. The Labute approximate surface area is 109 Å². The van der Waals surface area contributed by atoms with Crippen LogP contribution in [0.2, 0.25) is 0 Å². The van der Waals surface area contributed by atoms with Crippen LogP contribution in [0, 0.1) is 0 Å². The molecule has 0 aromatic heterocycles. The average molecular weight is 250 g/mol. The lowest BCUT2D eigenvalue weighted by Crippen LogP contribution is -2.21. The Kier molecular flexibility index (Phi) is 4.35. The molecule has 1 N–H and O–H groups in total. The monoisotopic (exact) mass is 250 g/mol. The SMILES string of the molecule is CC1CC(Nc2ccccc2CN(C)C)CS1. The first-order chi connectivity index (χ1) is 8.15. The molecule has 1 aliphatic heterocycles. The zero-order valence-corrected chi connectivity index (χ0v) is 11.8. The molecule has 1 aromatic rings. The van der Waals surface area contributed by atoms with Gasteiger partial charge >= 0.3 is 0 Å². The van der Waals surface area contributed by atoms with Gasteiger partial charge in [0.2, 0.25) is 0 Å². The van der Waals surface area contributed by atoms with Crippen molar-refractivity contribution in [1.82, 2.24) is 4.90 Å². The molecule has 94 valence electrons. The Hall–Kier alpha value is -0.670. The predicted octanol–water partition coefficient (Wildman–Crippen LogP) is 3.05. The Morgan fingerprint density at radius 3 is 2.76 bits per heavy atom. The summed E-state index contributed by atoms with van der Waals surface area (Å²) in [6.07, 6.45) is 1.28. The van der Waals surface area contributed by atoms with Crippen LogP contribution in [0.3, 0.4) is 0 Å². The second kappa shape index (κ2) is 5.78. The zero-order valence-electron chi connectivity index (χ0n) is 10.9. The summed E-state index contributed by atoms with van der Waals surface area (Å²) in [6.45, 7) is 3.32.